The molecule has 1 aromatic carbocycles. The van der Waals surface area contributed by atoms with E-state index in [1.807, 2.05) is 0 Å². The monoisotopic (exact) mass is 268 g/mol. The maximum atomic E-state index is 13.0. The largest absolute Gasteiger partial charge is 0.481 e. The number of halogens is 1. The molecule has 1 fully saturated rings. The molecular weight excluding hydrogens is 255 g/mol. The molecule has 0 amide bonds. The maximum absolute atomic E-state index is 13.0. The van der Waals surface area contributed by atoms with Gasteiger partial charge < -0.3 is 10.4 Å². The van der Waals surface area contributed by atoms with Gasteiger partial charge in [-0.05, 0) is 25.0 Å². The Morgan fingerprint density at radius 2 is 2.21 bits per heavy atom. The molecular formula is C12H13FN2O4. The van der Waals surface area contributed by atoms with E-state index in [0.717, 1.165) is 18.6 Å². The van der Waals surface area contributed by atoms with Gasteiger partial charge in [-0.2, -0.15) is 0 Å². The summed E-state index contributed by atoms with van der Waals surface area (Å²) < 4.78 is 13.0. The topological polar surface area (TPSA) is 92.5 Å². The first kappa shape index (κ1) is 13.3. The van der Waals surface area contributed by atoms with E-state index < -0.39 is 22.1 Å². The van der Waals surface area contributed by atoms with Gasteiger partial charge in [0.25, 0.3) is 5.69 Å². The van der Waals surface area contributed by atoms with Gasteiger partial charge in [-0.25, -0.2) is 4.39 Å². The number of carboxylic acids is 1. The van der Waals surface area contributed by atoms with Crippen molar-refractivity contribution in [3.63, 3.8) is 0 Å². The third-order valence-corrected chi connectivity index (χ3v) is 3.54. The van der Waals surface area contributed by atoms with Gasteiger partial charge in [-0.1, -0.05) is 6.42 Å². The van der Waals surface area contributed by atoms with Crippen LogP contribution < -0.4 is 5.32 Å². The van der Waals surface area contributed by atoms with E-state index in [1.165, 1.54) is 6.07 Å². The normalized spacial score (nSPS) is 16.5. The standard InChI is InChI=1S/C12H13FN2O4/c13-8-2-3-9(10(6-8)15(18)19)14-7-12(11(16)17)4-1-5-12/h2-3,6,14H,1,4-5,7H2,(H,16,17). The molecule has 0 heterocycles. The van der Waals surface area contributed by atoms with Gasteiger partial charge in [0, 0.05) is 6.54 Å². The molecule has 0 atom stereocenters. The van der Waals surface area contributed by atoms with Crippen molar-refractivity contribution in [2.75, 3.05) is 11.9 Å². The Hall–Kier alpha value is -2.18. The predicted octanol–water partition coefficient (Wildman–Crippen LogP) is 2.40. The second kappa shape index (κ2) is 4.83. The van der Waals surface area contributed by atoms with Crippen molar-refractivity contribution < 1.29 is 19.2 Å². The molecule has 0 aromatic heterocycles. The minimum absolute atomic E-state index is 0.106. The molecule has 0 spiro atoms. The predicted molar refractivity (Wildman–Crippen MR) is 65.5 cm³/mol. The van der Waals surface area contributed by atoms with Gasteiger partial charge in [-0.15, -0.1) is 0 Å². The zero-order valence-electron chi connectivity index (χ0n) is 10.1. The lowest BCUT2D eigenvalue weighted by Crippen LogP contribution is -2.43. The summed E-state index contributed by atoms with van der Waals surface area (Å²) in [6.07, 6.45) is 1.92. The summed E-state index contributed by atoms with van der Waals surface area (Å²) in [4.78, 5) is 21.3. The minimum atomic E-state index is -0.906. The van der Waals surface area contributed by atoms with Crippen LogP contribution in [-0.2, 0) is 4.79 Å². The lowest BCUT2D eigenvalue weighted by molar-refractivity contribution is -0.384. The average molecular weight is 268 g/mol. The summed E-state index contributed by atoms with van der Waals surface area (Å²) in [6, 6.07) is 3.17. The molecule has 2 rings (SSSR count). The Balaban J connectivity index is 2.15. The first-order chi connectivity index (χ1) is 8.94. The Morgan fingerprint density at radius 3 is 2.68 bits per heavy atom. The second-order valence-electron chi connectivity index (χ2n) is 4.71. The van der Waals surface area contributed by atoms with Crippen LogP contribution in [0.15, 0.2) is 18.2 Å². The van der Waals surface area contributed by atoms with E-state index in [2.05, 4.69) is 5.32 Å². The van der Waals surface area contributed by atoms with E-state index in [1.54, 1.807) is 0 Å². The van der Waals surface area contributed by atoms with Crippen LogP contribution in [0.25, 0.3) is 0 Å². The summed E-state index contributed by atoms with van der Waals surface area (Å²) in [6.45, 7) is 0.106. The average Bonchev–Trinajstić information content (AvgIpc) is 2.28. The smallest absolute Gasteiger partial charge is 0.311 e. The summed E-state index contributed by atoms with van der Waals surface area (Å²) in [5.74, 6) is -1.61. The van der Waals surface area contributed by atoms with E-state index in [9.17, 15) is 19.3 Å². The third kappa shape index (κ3) is 2.49. The number of anilines is 1. The fraction of sp³-hybridized carbons (Fsp3) is 0.417. The number of nitrogens with one attached hydrogen (secondary N) is 1. The molecule has 0 radical (unpaired) electrons. The van der Waals surface area contributed by atoms with Crippen LogP contribution in [0.2, 0.25) is 0 Å². The lowest BCUT2D eigenvalue weighted by Gasteiger charge is -2.37. The van der Waals surface area contributed by atoms with Crippen LogP contribution in [0.1, 0.15) is 19.3 Å². The molecule has 7 heteroatoms. The summed E-state index contributed by atoms with van der Waals surface area (Å²) in [5.41, 5.74) is -1.11. The van der Waals surface area contributed by atoms with Crippen molar-refractivity contribution in [2.45, 2.75) is 19.3 Å². The highest BCUT2D eigenvalue weighted by Crippen LogP contribution is 2.41. The number of carbonyl (C=O) groups is 1. The molecule has 0 bridgehead atoms. The molecule has 0 aliphatic heterocycles. The number of rotatable bonds is 5. The van der Waals surface area contributed by atoms with Crippen LogP contribution in [-0.4, -0.2) is 22.5 Å². The van der Waals surface area contributed by atoms with Crippen molar-refractivity contribution in [1.82, 2.24) is 0 Å². The Kier molecular flexibility index (Phi) is 3.37. The van der Waals surface area contributed by atoms with Crippen molar-refractivity contribution >= 4 is 17.3 Å². The van der Waals surface area contributed by atoms with Gasteiger partial charge in [0.1, 0.15) is 11.5 Å². The molecule has 6 nitrogen and oxygen atoms in total. The number of benzene rings is 1. The Morgan fingerprint density at radius 1 is 1.53 bits per heavy atom. The number of hydrogen-bond acceptors (Lipinski definition) is 4. The third-order valence-electron chi connectivity index (χ3n) is 3.54. The van der Waals surface area contributed by atoms with Gasteiger partial charge >= 0.3 is 5.97 Å². The fourth-order valence-electron chi connectivity index (χ4n) is 2.14. The molecule has 102 valence electrons. The minimum Gasteiger partial charge on any atom is -0.481 e. The van der Waals surface area contributed by atoms with Gasteiger partial charge in [-0.3, -0.25) is 14.9 Å². The first-order valence-electron chi connectivity index (χ1n) is 5.86. The van der Waals surface area contributed by atoms with Gasteiger partial charge in [0.05, 0.1) is 16.4 Å². The van der Waals surface area contributed by atoms with Crippen molar-refractivity contribution in [3.8, 4) is 0 Å². The summed E-state index contributed by atoms with van der Waals surface area (Å²) in [5, 5.41) is 22.7. The van der Waals surface area contributed by atoms with Gasteiger partial charge in [0.2, 0.25) is 0 Å². The molecule has 19 heavy (non-hydrogen) atoms. The molecule has 0 unspecified atom stereocenters. The number of carboxylic acid groups (broad SMARTS) is 1. The van der Waals surface area contributed by atoms with E-state index in [-0.39, 0.29) is 17.9 Å². The first-order valence-corrected chi connectivity index (χ1v) is 5.86. The van der Waals surface area contributed by atoms with Crippen LogP contribution >= 0.6 is 0 Å². The van der Waals surface area contributed by atoms with Crippen LogP contribution in [0.5, 0.6) is 0 Å². The number of nitro benzene ring substituents is 1. The number of hydrogen-bond donors (Lipinski definition) is 2. The Bertz CT molecular complexity index is 528. The highest BCUT2D eigenvalue weighted by molar-refractivity contribution is 5.77. The molecule has 1 aliphatic carbocycles. The quantitative estimate of drug-likeness (QED) is 0.631. The highest BCUT2D eigenvalue weighted by Gasteiger charge is 2.44. The van der Waals surface area contributed by atoms with Crippen molar-refractivity contribution in [3.05, 3.63) is 34.1 Å². The lowest BCUT2D eigenvalue weighted by atomic mass is 9.69. The number of nitrogens with zero attached hydrogens (tertiary/aromatic N) is 1. The Labute approximate surface area is 108 Å². The van der Waals surface area contributed by atoms with E-state index in [4.69, 9.17) is 5.11 Å². The molecule has 1 saturated carbocycles. The zero-order chi connectivity index (χ0) is 14.0. The van der Waals surface area contributed by atoms with E-state index >= 15 is 0 Å². The number of nitro groups is 1. The summed E-state index contributed by atoms with van der Waals surface area (Å²) >= 11 is 0. The molecule has 1 aliphatic rings. The van der Waals surface area contributed by atoms with E-state index in [0.29, 0.717) is 12.8 Å². The van der Waals surface area contributed by atoms with Crippen LogP contribution in [0.3, 0.4) is 0 Å². The molecule has 0 saturated heterocycles. The molecule has 2 N–H and O–H groups in total. The second-order valence-corrected chi connectivity index (χ2v) is 4.71. The SMILES string of the molecule is O=C(O)C1(CNc2ccc(F)cc2[N+](=O)[O-])CCC1. The van der Waals surface area contributed by atoms with Gasteiger partial charge in [0.15, 0.2) is 0 Å². The number of aliphatic carboxylic acids is 1. The zero-order valence-corrected chi connectivity index (χ0v) is 10.1. The maximum Gasteiger partial charge on any atom is 0.311 e. The molecule has 1 aromatic rings. The highest BCUT2D eigenvalue weighted by atomic mass is 19.1. The van der Waals surface area contributed by atoms with Crippen LogP contribution in [0.4, 0.5) is 15.8 Å². The van der Waals surface area contributed by atoms with Crippen molar-refractivity contribution in [1.29, 1.82) is 0 Å². The summed E-state index contributed by atoms with van der Waals surface area (Å²) in [7, 11) is 0. The van der Waals surface area contributed by atoms with Crippen LogP contribution in [0, 0.1) is 21.3 Å². The van der Waals surface area contributed by atoms with Crippen molar-refractivity contribution in [2.24, 2.45) is 5.41 Å². The fourth-order valence-corrected chi connectivity index (χ4v) is 2.14.